The molecular weight excluding hydrogens is 236 g/mol. The van der Waals surface area contributed by atoms with Gasteiger partial charge in [0.1, 0.15) is 5.03 Å². The number of esters is 1. The van der Waals surface area contributed by atoms with Crippen molar-refractivity contribution in [2.45, 2.75) is 36.0 Å². The Hall–Kier alpha value is -1.23. The minimum Gasteiger partial charge on any atom is -0.465 e. The van der Waals surface area contributed by atoms with Gasteiger partial charge < -0.3 is 10.5 Å². The summed E-state index contributed by atoms with van der Waals surface area (Å²) in [6.45, 7) is 0. The molecule has 1 heterocycles. The average molecular weight is 252 g/mol. The molecule has 0 saturated heterocycles. The molecule has 0 aliphatic heterocycles. The van der Waals surface area contributed by atoms with E-state index in [2.05, 4.69) is 9.72 Å². The van der Waals surface area contributed by atoms with Crippen molar-refractivity contribution in [3.63, 3.8) is 0 Å². The highest BCUT2D eigenvalue weighted by molar-refractivity contribution is 8.00. The lowest BCUT2D eigenvalue weighted by Crippen LogP contribution is -2.08. The number of pyridine rings is 1. The topological polar surface area (TPSA) is 65.2 Å². The van der Waals surface area contributed by atoms with Gasteiger partial charge in [-0.15, -0.1) is 11.8 Å². The van der Waals surface area contributed by atoms with E-state index >= 15 is 0 Å². The van der Waals surface area contributed by atoms with E-state index in [1.165, 1.54) is 32.8 Å². The molecule has 0 spiro atoms. The largest absolute Gasteiger partial charge is 0.465 e. The molecule has 1 saturated carbocycles. The fourth-order valence-corrected chi connectivity index (χ4v) is 3.24. The van der Waals surface area contributed by atoms with Gasteiger partial charge in [0.2, 0.25) is 0 Å². The molecule has 0 bridgehead atoms. The summed E-state index contributed by atoms with van der Waals surface area (Å²) in [5.41, 5.74) is 6.80. The summed E-state index contributed by atoms with van der Waals surface area (Å²) in [6, 6.07) is 1.60. The molecule has 1 fully saturated rings. The summed E-state index contributed by atoms with van der Waals surface area (Å²) in [7, 11) is 1.35. The number of rotatable bonds is 3. The Labute approximate surface area is 105 Å². The van der Waals surface area contributed by atoms with Crippen molar-refractivity contribution in [1.29, 1.82) is 0 Å². The number of aromatic nitrogens is 1. The van der Waals surface area contributed by atoms with Crippen LogP contribution >= 0.6 is 11.8 Å². The van der Waals surface area contributed by atoms with Crippen molar-refractivity contribution in [2.75, 3.05) is 12.8 Å². The lowest BCUT2D eigenvalue weighted by molar-refractivity contribution is 0.0601. The van der Waals surface area contributed by atoms with E-state index in [1.807, 2.05) is 0 Å². The van der Waals surface area contributed by atoms with E-state index < -0.39 is 5.97 Å². The molecule has 17 heavy (non-hydrogen) atoms. The fraction of sp³-hybridized carbons (Fsp3) is 0.500. The van der Waals surface area contributed by atoms with E-state index in [0.29, 0.717) is 16.5 Å². The predicted molar refractivity (Wildman–Crippen MR) is 68.1 cm³/mol. The van der Waals surface area contributed by atoms with Gasteiger partial charge in [-0.25, -0.2) is 9.78 Å². The minimum atomic E-state index is -0.404. The van der Waals surface area contributed by atoms with Crippen LogP contribution in [0.2, 0.25) is 0 Å². The van der Waals surface area contributed by atoms with Gasteiger partial charge in [0.15, 0.2) is 0 Å². The third-order valence-electron chi connectivity index (χ3n) is 2.94. The maximum atomic E-state index is 11.5. The molecule has 0 amide bonds. The number of thioether (sulfide) groups is 1. The van der Waals surface area contributed by atoms with E-state index in [4.69, 9.17) is 5.73 Å². The first-order chi connectivity index (χ1) is 8.22. The zero-order valence-corrected chi connectivity index (χ0v) is 10.6. The number of hydrogen-bond acceptors (Lipinski definition) is 5. The Morgan fingerprint density at radius 2 is 2.24 bits per heavy atom. The van der Waals surface area contributed by atoms with E-state index in [9.17, 15) is 4.79 Å². The monoisotopic (exact) mass is 252 g/mol. The maximum absolute atomic E-state index is 11.5. The van der Waals surface area contributed by atoms with Crippen molar-refractivity contribution in [3.05, 3.63) is 17.8 Å². The number of methoxy groups -OCH3 is 1. The number of ether oxygens (including phenoxy) is 1. The van der Waals surface area contributed by atoms with E-state index in [0.717, 1.165) is 5.03 Å². The number of carbonyl (C=O) groups is 1. The van der Waals surface area contributed by atoms with Crippen LogP contribution in [0.25, 0.3) is 0 Å². The highest BCUT2D eigenvalue weighted by atomic mass is 32.2. The Morgan fingerprint density at radius 3 is 2.88 bits per heavy atom. The highest BCUT2D eigenvalue weighted by Crippen LogP contribution is 2.36. The molecule has 2 N–H and O–H groups in total. The second kappa shape index (κ2) is 5.40. The van der Waals surface area contributed by atoms with Gasteiger partial charge in [-0.05, 0) is 18.9 Å². The summed E-state index contributed by atoms with van der Waals surface area (Å²) in [4.78, 5) is 15.7. The SMILES string of the molecule is COC(=O)c1ccnc(SC2CCCC2)c1N. The highest BCUT2D eigenvalue weighted by Gasteiger charge is 2.20. The quantitative estimate of drug-likeness (QED) is 0.837. The van der Waals surface area contributed by atoms with Gasteiger partial charge in [0, 0.05) is 11.4 Å². The van der Waals surface area contributed by atoms with Gasteiger partial charge in [-0.1, -0.05) is 12.8 Å². The van der Waals surface area contributed by atoms with Gasteiger partial charge >= 0.3 is 5.97 Å². The third kappa shape index (κ3) is 2.72. The number of hydrogen-bond donors (Lipinski definition) is 1. The number of nitrogen functional groups attached to an aromatic ring is 1. The first-order valence-corrected chi connectivity index (χ1v) is 6.59. The van der Waals surface area contributed by atoms with Crippen molar-refractivity contribution in [1.82, 2.24) is 4.98 Å². The van der Waals surface area contributed by atoms with Gasteiger partial charge in [-0.3, -0.25) is 0 Å². The molecular formula is C12H16N2O2S. The summed E-state index contributed by atoms with van der Waals surface area (Å²) in [5, 5.41) is 1.33. The molecule has 0 aromatic carbocycles. The molecule has 0 unspecified atom stereocenters. The van der Waals surface area contributed by atoms with E-state index in [-0.39, 0.29) is 0 Å². The molecule has 1 aliphatic carbocycles. The standard InChI is InChI=1S/C12H16N2O2S/c1-16-12(15)9-6-7-14-11(10(9)13)17-8-4-2-3-5-8/h6-8H,2-5,13H2,1H3. The van der Waals surface area contributed by atoms with Crippen molar-refractivity contribution >= 4 is 23.4 Å². The third-order valence-corrected chi connectivity index (χ3v) is 4.29. The van der Waals surface area contributed by atoms with Crippen LogP contribution in [0.4, 0.5) is 5.69 Å². The number of nitrogens with two attached hydrogens (primary N) is 1. The molecule has 5 heteroatoms. The van der Waals surface area contributed by atoms with Crippen LogP contribution in [0.3, 0.4) is 0 Å². The molecule has 1 aromatic heterocycles. The molecule has 4 nitrogen and oxygen atoms in total. The molecule has 1 aromatic rings. The molecule has 92 valence electrons. The van der Waals surface area contributed by atoms with Gasteiger partial charge in [0.25, 0.3) is 0 Å². The minimum absolute atomic E-state index is 0.404. The Balaban J connectivity index is 2.19. The zero-order valence-electron chi connectivity index (χ0n) is 9.81. The molecule has 0 radical (unpaired) electrons. The van der Waals surface area contributed by atoms with Crippen molar-refractivity contribution in [2.24, 2.45) is 0 Å². The van der Waals surface area contributed by atoms with Crippen LogP contribution in [-0.2, 0) is 4.74 Å². The van der Waals surface area contributed by atoms with Gasteiger partial charge in [0.05, 0.1) is 18.4 Å². The Kier molecular flexibility index (Phi) is 3.89. The van der Waals surface area contributed by atoms with Crippen LogP contribution < -0.4 is 5.73 Å². The normalized spacial score (nSPS) is 16.1. The number of nitrogens with zero attached hydrogens (tertiary/aromatic N) is 1. The molecule has 1 aliphatic rings. The summed E-state index contributed by atoms with van der Waals surface area (Å²) < 4.78 is 4.69. The van der Waals surface area contributed by atoms with Crippen molar-refractivity contribution in [3.8, 4) is 0 Å². The second-order valence-electron chi connectivity index (χ2n) is 4.09. The zero-order chi connectivity index (χ0) is 12.3. The van der Waals surface area contributed by atoms with Gasteiger partial charge in [-0.2, -0.15) is 0 Å². The predicted octanol–water partition coefficient (Wildman–Crippen LogP) is 2.49. The van der Waals surface area contributed by atoms with Crippen molar-refractivity contribution < 1.29 is 9.53 Å². The molecule has 2 rings (SSSR count). The first-order valence-electron chi connectivity index (χ1n) is 5.72. The summed E-state index contributed by atoms with van der Waals surface area (Å²) in [6.07, 6.45) is 6.56. The average Bonchev–Trinajstić information content (AvgIpc) is 2.84. The van der Waals surface area contributed by atoms with Crippen LogP contribution in [0.1, 0.15) is 36.0 Å². The van der Waals surface area contributed by atoms with Crippen LogP contribution in [0.5, 0.6) is 0 Å². The second-order valence-corrected chi connectivity index (χ2v) is 5.38. The lowest BCUT2D eigenvalue weighted by Gasteiger charge is -2.11. The first kappa shape index (κ1) is 12.2. The fourth-order valence-electron chi connectivity index (χ4n) is 2.00. The number of anilines is 1. The maximum Gasteiger partial charge on any atom is 0.340 e. The number of carbonyl (C=O) groups excluding carboxylic acids is 1. The molecule has 0 atom stereocenters. The van der Waals surface area contributed by atoms with Crippen LogP contribution in [0.15, 0.2) is 17.3 Å². The lowest BCUT2D eigenvalue weighted by atomic mass is 10.2. The van der Waals surface area contributed by atoms with E-state index in [1.54, 1.807) is 24.0 Å². The summed E-state index contributed by atoms with van der Waals surface area (Å²) in [5.74, 6) is -0.404. The van der Waals surface area contributed by atoms with Crippen LogP contribution in [0, 0.1) is 0 Å². The Morgan fingerprint density at radius 1 is 1.53 bits per heavy atom. The smallest absolute Gasteiger partial charge is 0.340 e. The van der Waals surface area contributed by atoms with Crippen LogP contribution in [-0.4, -0.2) is 23.3 Å². The Bertz CT molecular complexity index is 417. The summed E-state index contributed by atoms with van der Waals surface area (Å²) >= 11 is 1.68.